The van der Waals surface area contributed by atoms with Crippen LogP contribution >= 0.6 is 0 Å². The Morgan fingerprint density at radius 2 is 2.08 bits per heavy atom. The Bertz CT molecular complexity index is 271. The van der Waals surface area contributed by atoms with E-state index in [0.29, 0.717) is 5.75 Å². The molecule has 0 saturated carbocycles. The second kappa shape index (κ2) is 3.59. The van der Waals surface area contributed by atoms with Gasteiger partial charge in [0.05, 0.1) is 0 Å². The first-order chi connectivity index (χ1) is 5.66. The predicted molar refractivity (Wildman–Crippen MR) is 50.3 cm³/mol. The Hall–Kier alpha value is -1.02. The van der Waals surface area contributed by atoms with Crippen LogP contribution in [0.15, 0.2) is 18.2 Å². The van der Waals surface area contributed by atoms with Crippen LogP contribution in [0.25, 0.3) is 0 Å². The normalized spacial score (nSPS) is 12.9. The summed E-state index contributed by atoms with van der Waals surface area (Å²) in [6.07, 6.45) is 0. The van der Waals surface area contributed by atoms with Gasteiger partial charge in [-0.25, -0.2) is 0 Å². The van der Waals surface area contributed by atoms with Crippen molar-refractivity contribution in [1.82, 2.24) is 5.32 Å². The van der Waals surface area contributed by atoms with Crippen LogP contribution in [0, 0.1) is 6.92 Å². The summed E-state index contributed by atoms with van der Waals surface area (Å²) < 4.78 is 0. The van der Waals surface area contributed by atoms with Crippen molar-refractivity contribution >= 4 is 0 Å². The number of phenols is 1. The van der Waals surface area contributed by atoms with Gasteiger partial charge in [0.25, 0.3) is 0 Å². The van der Waals surface area contributed by atoms with E-state index in [0.717, 1.165) is 11.1 Å². The number of para-hydroxylation sites is 1. The highest BCUT2D eigenvalue weighted by Gasteiger charge is 2.08. The molecule has 12 heavy (non-hydrogen) atoms. The molecule has 1 aromatic rings. The summed E-state index contributed by atoms with van der Waals surface area (Å²) in [6, 6.07) is 5.99. The summed E-state index contributed by atoms with van der Waals surface area (Å²) in [7, 11) is 1.88. The lowest BCUT2D eigenvalue weighted by Gasteiger charge is -2.13. The van der Waals surface area contributed by atoms with E-state index in [1.54, 1.807) is 0 Å². The van der Waals surface area contributed by atoms with E-state index in [9.17, 15) is 5.11 Å². The smallest absolute Gasteiger partial charge is 0.123 e. The van der Waals surface area contributed by atoms with Gasteiger partial charge in [-0.05, 0) is 26.5 Å². The molecule has 0 aliphatic heterocycles. The fourth-order valence-corrected chi connectivity index (χ4v) is 1.19. The molecular weight excluding hydrogens is 150 g/mol. The van der Waals surface area contributed by atoms with Crippen molar-refractivity contribution in [1.29, 1.82) is 0 Å². The van der Waals surface area contributed by atoms with Gasteiger partial charge in [0.1, 0.15) is 5.75 Å². The van der Waals surface area contributed by atoms with Crippen molar-refractivity contribution in [3.8, 4) is 5.75 Å². The van der Waals surface area contributed by atoms with Crippen molar-refractivity contribution < 1.29 is 5.11 Å². The molecule has 0 aliphatic rings. The summed E-state index contributed by atoms with van der Waals surface area (Å²) in [6.45, 7) is 3.93. The number of hydrogen-bond donors (Lipinski definition) is 2. The van der Waals surface area contributed by atoms with Crippen LogP contribution in [0.3, 0.4) is 0 Å². The van der Waals surface area contributed by atoms with E-state index in [1.807, 2.05) is 39.1 Å². The lowest BCUT2D eigenvalue weighted by Crippen LogP contribution is -2.12. The van der Waals surface area contributed by atoms with Crippen LogP contribution in [-0.2, 0) is 0 Å². The number of nitrogens with one attached hydrogen (secondary N) is 1. The number of hydrogen-bond acceptors (Lipinski definition) is 2. The molecule has 2 nitrogen and oxygen atoms in total. The molecule has 1 atom stereocenters. The number of phenolic OH excluding ortho intramolecular Hbond substituents is 1. The number of aryl methyl sites for hydroxylation is 1. The van der Waals surface area contributed by atoms with Gasteiger partial charge >= 0.3 is 0 Å². The van der Waals surface area contributed by atoms with Gasteiger partial charge in [-0.2, -0.15) is 0 Å². The minimum absolute atomic E-state index is 0.199. The quantitative estimate of drug-likeness (QED) is 0.702. The molecule has 0 aromatic heterocycles. The summed E-state index contributed by atoms with van der Waals surface area (Å²) in [5.41, 5.74) is 1.88. The molecule has 66 valence electrons. The summed E-state index contributed by atoms with van der Waals surface area (Å²) >= 11 is 0. The molecule has 2 heteroatoms. The zero-order valence-electron chi connectivity index (χ0n) is 7.76. The van der Waals surface area contributed by atoms with Crippen LogP contribution in [0.4, 0.5) is 0 Å². The highest BCUT2D eigenvalue weighted by molar-refractivity contribution is 5.40. The monoisotopic (exact) mass is 165 g/mol. The molecule has 0 amide bonds. The van der Waals surface area contributed by atoms with E-state index in [1.165, 1.54) is 0 Å². The van der Waals surface area contributed by atoms with Crippen molar-refractivity contribution in [2.24, 2.45) is 0 Å². The standard InChI is InChI=1S/C10H15NO/c1-7-5-4-6-9(10(7)12)8(2)11-3/h4-6,8,11-12H,1-3H3. The third-order valence-corrected chi connectivity index (χ3v) is 2.17. The van der Waals surface area contributed by atoms with E-state index >= 15 is 0 Å². The Kier molecular flexibility index (Phi) is 2.71. The van der Waals surface area contributed by atoms with Gasteiger partial charge in [0.15, 0.2) is 0 Å². The molecule has 0 bridgehead atoms. The summed E-state index contributed by atoms with van der Waals surface area (Å²) in [5.74, 6) is 0.402. The van der Waals surface area contributed by atoms with Gasteiger partial charge in [-0.15, -0.1) is 0 Å². The van der Waals surface area contributed by atoms with E-state index < -0.39 is 0 Å². The third kappa shape index (κ3) is 1.59. The molecule has 2 N–H and O–H groups in total. The second-order valence-corrected chi connectivity index (χ2v) is 3.02. The maximum Gasteiger partial charge on any atom is 0.123 e. The van der Waals surface area contributed by atoms with Crippen LogP contribution in [0.5, 0.6) is 5.75 Å². The molecule has 0 heterocycles. The average Bonchev–Trinajstić information content (AvgIpc) is 2.08. The fraction of sp³-hybridized carbons (Fsp3) is 0.400. The van der Waals surface area contributed by atoms with Crippen molar-refractivity contribution in [3.63, 3.8) is 0 Å². The van der Waals surface area contributed by atoms with E-state index in [-0.39, 0.29) is 6.04 Å². The van der Waals surface area contributed by atoms with Gasteiger partial charge in [-0.1, -0.05) is 18.2 Å². The Balaban J connectivity index is 3.07. The van der Waals surface area contributed by atoms with Crippen molar-refractivity contribution in [3.05, 3.63) is 29.3 Å². The lowest BCUT2D eigenvalue weighted by atomic mass is 10.0. The molecule has 0 saturated heterocycles. The SMILES string of the molecule is CNC(C)c1cccc(C)c1O. The second-order valence-electron chi connectivity index (χ2n) is 3.02. The third-order valence-electron chi connectivity index (χ3n) is 2.17. The minimum atomic E-state index is 0.199. The Labute approximate surface area is 73.2 Å². The molecule has 1 aromatic carbocycles. The number of aromatic hydroxyl groups is 1. The number of rotatable bonds is 2. The van der Waals surface area contributed by atoms with Crippen molar-refractivity contribution in [2.45, 2.75) is 19.9 Å². The first kappa shape index (κ1) is 9.07. The summed E-state index contributed by atoms with van der Waals surface area (Å²) in [4.78, 5) is 0. The van der Waals surface area contributed by atoms with E-state index in [4.69, 9.17) is 0 Å². The highest BCUT2D eigenvalue weighted by atomic mass is 16.3. The van der Waals surface area contributed by atoms with Crippen LogP contribution in [-0.4, -0.2) is 12.2 Å². The zero-order chi connectivity index (χ0) is 9.14. The minimum Gasteiger partial charge on any atom is -0.507 e. The molecule has 0 aliphatic carbocycles. The van der Waals surface area contributed by atoms with Crippen molar-refractivity contribution in [2.75, 3.05) is 7.05 Å². The Morgan fingerprint density at radius 1 is 1.42 bits per heavy atom. The largest absolute Gasteiger partial charge is 0.507 e. The highest BCUT2D eigenvalue weighted by Crippen LogP contribution is 2.26. The predicted octanol–water partition coefficient (Wildman–Crippen LogP) is 1.98. The average molecular weight is 165 g/mol. The topological polar surface area (TPSA) is 32.3 Å². The van der Waals surface area contributed by atoms with Gasteiger partial charge < -0.3 is 10.4 Å². The molecule has 0 spiro atoms. The zero-order valence-corrected chi connectivity index (χ0v) is 7.76. The molecule has 0 radical (unpaired) electrons. The first-order valence-corrected chi connectivity index (χ1v) is 4.12. The maximum absolute atomic E-state index is 9.66. The van der Waals surface area contributed by atoms with Gasteiger partial charge in [0.2, 0.25) is 0 Å². The number of benzene rings is 1. The first-order valence-electron chi connectivity index (χ1n) is 4.12. The molecule has 1 rings (SSSR count). The Morgan fingerprint density at radius 3 is 2.67 bits per heavy atom. The molecule has 1 unspecified atom stereocenters. The lowest BCUT2D eigenvalue weighted by molar-refractivity contribution is 0.454. The summed E-state index contributed by atoms with van der Waals surface area (Å²) in [5, 5.41) is 12.7. The molecular formula is C10H15NO. The van der Waals surface area contributed by atoms with Crippen LogP contribution < -0.4 is 5.32 Å². The molecule has 0 fully saturated rings. The van der Waals surface area contributed by atoms with E-state index in [2.05, 4.69) is 5.32 Å². The van der Waals surface area contributed by atoms with Crippen LogP contribution in [0.1, 0.15) is 24.1 Å². The fourth-order valence-electron chi connectivity index (χ4n) is 1.19. The van der Waals surface area contributed by atoms with Gasteiger partial charge in [-0.3, -0.25) is 0 Å². The van der Waals surface area contributed by atoms with Gasteiger partial charge in [0, 0.05) is 11.6 Å². The van der Waals surface area contributed by atoms with Crippen LogP contribution in [0.2, 0.25) is 0 Å². The maximum atomic E-state index is 9.66.